The molecule has 2 aromatic carbocycles. The summed E-state index contributed by atoms with van der Waals surface area (Å²) in [6, 6.07) is 17.3. The Morgan fingerprint density at radius 2 is 1.77 bits per heavy atom. The Balaban J connectivity index is 1.39. The smallest absolute Gasteiger partial charge is 0.265 e. The van der Waals surface area contributed by atoms with Crippen LogP contribution in [0.25, 0.3) is 0 Å². The predicted molar refractivity (Wildman–Crippen MR) is 113 cm³/mol. The van der Waals surface area contributed by atoms with Crippen molar-refractivity contribution in [3.05, 3.63) is 60.2 Å². The molecule has 7 heteroatoms. The summed E-state index contributed by atoms with van der Waals surface area (Å²) in [5.74, 6) is 0.468. The first-order valence-corrected chi connectivity index (χ1v) is 10.4. The van der Waals surface area contributed by atoms with Gasteiger partial charge in [0.2, 0.25) is 5.91 Å². The van der Waals surface area contributed by atoms with E-state index in [1.165, 1.54) is 0 Å². The zero-order chi connectivity index (χ0) is 20.8. The SMILES string of the molecule is O=C(CCN1C(=O)COc2ccccc21)N[C@H](CN1CCOCC1)c1ccccc1. The number of hydrogen-bond donors (Lipinski definition) is 1. The fourth-order valence-corrected chi connectivity index (χ4v) is 3.84. The second kappa shape index (κ2) is 9.73. The van der Waals surface area contributed by atoms with Crippen LogP contribution in [-0.4, -0.2) is 62.7 Å². The molecule has 0 spiro atoms. The van der Waals surface area contributed by atoms with Crippen molar-refractivity contribution < 1.29 is 19.1 Å². The number of amides is 2. The molecule has 2 heterocycles. The van der Waals surface area contributed by atoms with Crippen molar-refractivity contribution in [3.8, 4) is 5.75 Å². The molecule has 0 saturated carbocycles. The summed E-state index contributed by atoms with van der Waals surface area (Å²) in [5.41, 5.74) is 1.79. The van der Waals surface area contributed by atoms with Crippen LogP contribution in [0.1, 0.15) is 18.0 Å². The Bertz CT molecular complexity index is 868. The van der Waals surface area contributed by atoms with Crippen LogP contribution in [0.15, 0.2) is 54.6 Å². The second-order valence-corrected chi connectivity index (χ2v) is 7.50. The van der Waals surface area contributed by atoms with E-state index in [2.05, 4.69) is 10.2 Å². The first-order chi connectivity index (χ1) is 14.7. The van der Waals surface area contributed by atoms with Gasteiger partial charge in [0.25, 0.3) is 5.91 Å². The Kier molecular flexibility index (Phi) is 6.61. The molecule has 30 heavy (non-hydrogen) atoms. The summed E-state index contributed by atoms with van der Waals surface area (Å²) < 4.78 is 10.9. The molecule has 2 amide bonds. The monoisotopic (exact) mass is 409 g/mol. The van der Waals surface area contributed by atoms with Gasteiger partial charge in [-0.05, 0) is 17.7 Å². The van der Waals surface area contributed by atoms with Crippen LogP contribution in [0.2, 0.25) is 0 Å². The molecule has 0 bridgehead atoms. The molecule has 7 nitrogen and oxygen atoms in total. The maximum atomic E-state index is 12.8. The molecule has 0 radical (unpaired) electrons. The van der Waals surface area contributed by atoms with E-state index in [1.54, 1.807) is 4.90 Å². The topological polar surface area (TPSA) is 71.1 Å². The molecule has 0 unspecified atom stereocenters. The van der Waals surface area contributed by atoms with Gasteiger partial charge in [-0.3, -0.25) is 14.5 Å². The third-order valence-electron chi connectivity index (χ3n) is 5.45. The molecule has 2 aliphatic heterocycles. The van der Waals surface area contributed by atoms with Gasteiger partial charge in [-0.25, -0.2) is 0 Å². The average Bonchev–Trinajstić information content (AvgIpc) is 2.79. The Hall–Kier alpha value is -2.90. The number of morpholine rings is 1. The minimum Gasteiger partial charge on any atom is -0.482 e. The number of ether oxygens (including phenoxy) is 2. The van der Waals surface area contributed by atoms with E-state index in [0.29, 0.717) is 25.5 Å². The van der Waals surface area contributed by atoms with Crippen LogP contribution in [0.4, 0.5) is 5.69 Å². The highest BCUT2D eigenvalue weighted by Gasteiger charge is 2.26. The minimum atomic E-state index is -0.130. The van der Waals surface area contributed by atoms with Crippen LogP contribution in [0, 0.1) is 0 Å². The highest BCUT2D eigenvalue weighted by atomic mass is 16.5. The fourth-order valence-electron chi connectivity index (χ4n) is 3.84. The van der Waals surface area contributed by atoms with Crippen molar-refractivity contribution in [1.29, 1.82) is 0 Å². The van der Waals surface area contributed by atoms with Crippen molar-refractivity contribution in [3.63, 3.8) is 0 Å². The first-order valence-electron chi connectivity index (χ1n) is 10.4. The first kappa shape index (κ1) is 20.4. The third kappa shape index (κ3) is 4.98. The van der Waals surface area contributed by atoms with Crippen LogP contribution in [0.3, 0.4) is 0 Å². The summed E-state index contributed by atoms with van der Waals surface area (Å²) in [4.78, 5) is 29.1. The number of para-hydroxylation sites is 2. The van der Waals surface area contributed by atoms with Gasteiger partial charge in [0, 0.05) is 32.6 Å². The number of nitrogens with one attached hydrogen (secondary N) is 1. The maximum absolute atomic E-state index is 12.8. The van der Waals surface area contributed by atoms with Crippen LogP contribution in [0.5, 0.6) is 5.75 Å². The molecule has 2 aliphatic rings. The normalized spacial score (nSPS) is 17.7. The van der Waals surface area contributed by atoms with Gasteiger partial charge in [0.15, 0.2) is 6.61 Å². The van der Waals surface area contributed by atoms with Gasteiger partial charge in [-0.1, -0.05) is 42.5 Å². The van der Waals surface area contributed by atoms with Crippen molar-refractivity contribution in [2.24, 2.45) is 0 Å². The van der Waals surface area contributed by atoms with Crippen LogP contribution in [-0.2, 0) is 14.3 Å². The number of anilines is 1. The average molecular weight is 409 g/mol. The van der Waals surface area contributed by atoms with Gasteiger partial charge in [0.05, 0.1) is 24.9 Å². The molecular formula is C23H27N3O4. The molecular weight excluding hydrogens is 382 g/mol. The quantitative estimate of drug-likeness (QED) is 0.757. The van der Waals surface area contributed by atoms with E-state index >= 15 is 0 Å². The van der Waals surface area contributed by atoms with Crippen LogP contribution >= 0.6 is 0 Å². The number of rotatable bonds is 7. The zero-order valence-corrected chi connectivity index (χ0v) is 17.0. The summed E-state index contributed by atoms with van der Waals surface area (Å²) in [5, 5.41) is 3.17. The molecule has 1 atom stereocenters. The molecule has 158 valence electrons. The lowest BCUT2D eigenvalue weighted by atomic mass is 10.1. The van der Waals surface area contributed by atoms with Gasteiger partial charge in [-0.15, -0.1) is 0 Å². The van der Waals surface area contributed by atoms with Gasteiger partial charge in [0.1, 0.15) is 5.75 Å². The molecule has 0 aliphatic carbocycles. The Labute approximate surface area is 176 Å². The standard InChI is InChI=1S/C23H27N3O4/c27-22(10-11-26-20-8-4-5-9-21(20)30-17-23(26)28)24-19(18-6-2-1-3-7-18)16-25-12-14-29-15-13-25/h1-9,19H,10-17H2,(H,24,27)/t19-/m1/s1. The summed E-state index contributed by atoms with van der Waals surface area (Å²) in [6.45, 7) is 4.21. The van der Waals surface area contributed by atoms with Gasteiger partial charge < -0.3 is 19.7 Å². The van der Waals surface area contributed by atoms with E-state index in [-0.39, 0.29) is 30.9 Å². The maximum Gasteiger partial charge on any atom is 0.265 e. The molecule has 2 aromatic rings. The van der Waals surface area contributed by atoms with Crippen LogP contribution < -0.4 is 15.0 Å². The van der Waals surface area contributed by atoms with E-state index < -0.39 is 0 Å². The molecule has 1 fully saturated rings. The molecule has 1 saturated heterocycles. The Morgan fingerprint density at radius 1 is 1.03 bits per heavy atom. The van der Waals surface area contributed by atoms with Gasteiger partial charge in [-0.2, -0.15) is 0 Å². The zero-order valence-electron chi connectivity index (χ0n) is 17.0. The fraction of sp³-hybridized carbons (Fsp3) is 0.391. The van der Waals surface area contributed by atoms with E-state index in [4.69, 9.17) is 9.47 Å². The van der Waals surface area contributed by atoms with E-state index in [0.717, 1.165) is 30.9 Å². The number of nitrogens with zero attached hydrogens (tertiary/aromatic N) is 2. The number of benzene rings is 2. The lowest BCUT2D eigenvalue weighted by molar-refractivity contribution is -0.122. The summed E-state index contributed by atoms with van der Waals surface area (Å²) in [7, 11) is 0. The lowest BCUT2D eigenvalue weighted by Crippen LogP contribution is -2.44. The lowest BCUT2D eigenvalue weighted by Gasteiger charge is -2.32. The van der Waals surface area contributed by atoms with Crippen molar-refractivity contribution in [2.75, 3.05) is 50.9 Å². The van der Waals surface area contributed by atoms with E-state index in [9.17, 15) is 9.59 Å². The highest BCUT2D eigenvalue weighted by molar-refractivity contribution is 5.98. The third-order valence-corrected chi connectivity index (χ3v) is 5.45. The summed E-state index contributed by atoms with van der Waals surface area (Å²) >= 11 is 0. The predicted octanol–water partition coefficient (Wildman–Crippen LogP) is 1.99. The Morgan fingerprint density at radius 3 is 2.57 bits per heavy atom. The summed E-state index contributed by atoms with van der Waals surface area (Å²) in [6.07, 6.45) is 0.229. The highest BCUT2D eigenvalue weighted by Crippen LogP contribution is 2.31. The second-order valence-electron chi connectivity index (χ2n) is 7.50. The number of fused-ring (bicyclic) bond motifs is 1. The molecule has 0 aromatic heterocycles. The van der Waals surface area contributed by atoms with Gasteiger partial charge >= 0.3 is 0 Å². The van der Waals surface area contributed by atoms with Crippen molar-refractivity contribution >= 4 is 17.5 Å². The number of hydrogen-bond acceptors (Lipinski definition) is 5. The van der Waals surface area contributed by atoms with Crippen molar-refractivity contribution in [1.82, 2.24) is 10.2 Å². The number of carbonyl (C=O) groups is 2. The minimum absolute atomic E-state index is 0.00229. The molecule has 1 N–H and O–H groups in total. The molecule has 4 rings (SSSR count). The van der Waals surface area contributed by atoms with Crippen molar-refractivity contribution in [2.45, 2.75) is 12.5 Å². The van der Waals surface area contributed by atoms with E-state index in [1.807, 2.05) is 54.6 Å². The number of carbonyl (C=O) groups excluding carboxylic acids is 2. The largest absolute Gasteiger partial charge is 0.482 e.